The van der Waals surface area contributed by atoms with Crippen LogP contribution in [-0.2, 0) is 17.4 Å². The number of hydrogen-bond donors (Lipinski definition) is 0. The zero-order chi connectivity index (χ0) is 34.0. The molecule has 7 heteroatoms. The SMILES string of the molecule is CN(C)Cc1c(OCC2CC2)ccc2c(CCC3CCN(CC4(C(O[Si](c5ccccc5)c5ccccc5)C(C)(C)C)CC4)CC3)noc12. The Hall–Kier alpha value is -2.97. The fourth-order valence-electron chi connectivity index (χ4n) is 8.07. The molecule has 0 bridgehead atoms. The maximum Gasteiger partial charge on any atom is 0.283 e. The van der Waals surface area contributed by atoms with Gasteiger partial charge < -0.3 is 23.5 Å². The largest absolute Gasteiger partial charge is 0.493 e. The van der Waals surface area contributed by atoms with Gasteiger partial charge in [0.05, 0.1) is 24.0 Å². The lowest BCUT2D eigenvalue weighted by Crippen LogP contribution is -2.54. The van der Waals surface area contributed by atoms with Gasteiger partial charge in [0.25, 0.3) is 9.04 Å². The summed E-state index contributed by atoms with van der Waals surface area (Å²) in [5, 5.41) is 8.43. The van der Waals surface area contributed by atoms with E-state index in [1.165, 1.54) is 62.0 Å². The van der Waals surface area contributed by atoms with Crippen molar-refractivity contribution in [3.8, 4) is 5.75 Å². The number of likely N-dealkylation sites (tertiary alicyclic amines) is 1. The monoisotopic (exact) mass is 678 g/mol. The van der Waals surface area contributed by atoms with Gasteiger partial charge in [-0.1, -0.05) is 86.6 Å². The van der Waals surface area contributed by atoms with Crippen molar-refractivity contribution in [2.75, 3.05) is 40.3 Å². The molecule has 1 aliphatic heterocycles. The van der Waals surface area contributed by atoms with Crippen LogP contribution in [0.2, 0.25) is 0 Å². The van der Waals surface area contributed by atoms with E-state index >= 15 is 0 Å². The molecule has 0 N–H and O–H groups in total. The third-order valence-corrected chi connectivity index (χ3v) is 13.2. The van der Waals surface area contributed by atoms with Crippen molar-refractivity contribution in [2.24, 2.45) is 22.7 Å². The van der Waals surface area contributed by atoms with Crippen LogP contribution in [-0.4, -0.2) is 70.4 Å². The highest BCUT2D eigenvalue weighted by atomic mass is 28.3. The third-order valence-electron chi connectivity index (χ3n) is 11.0. The van der Waals surface area contributed by atoms with Crippen LogP contribution in [0.4, 0.5) is 0 Å². The number of aromatic nitrogens is 1. The molecule has 49 heavy (non-hydrogen) atoms. The topological polar surface area (TPSA) is 51.0 Å². The number of aryl methyl sites for hydroxylation is 1. The molecule has 261 valence electrons. The van der Waals surface area contributed by atoms with Gasteiger partial charge in [0.1, 0.15) is 5.75 Å². The predicted octanol–water partition coefficient (Wildman–Crippen LogP) is 7.34. The second-order valence-electron chi connectivity index (χ2n) is 16.6. The van der Waals surface area contributed by atoms with Crippen molar-refractivity contribution in [2.45, 2.75) is 84.8 Å². The van der Waals surface area contributed by atoms with E-state index in [0.717, 1.165) is 72.3 Å². The second kappa shape index (κ2) is 14.7. The summed E-state index contributed by atoms with van der Waals surface area (Å²) in [6, 6.07) is 26.2. The van der Waals surface area contributed by atoms with E-state index in [1.54, 1.807) is 0 Å². The first-order chi connectivity index (χ1) is 23.7. The minimum Gasteiger partial charge on any atom is -0.493 e. The Balaban J connectivity index is 0.975. The van der Waals surface area contributed by atoms with Gasteiger partial charge in [-0.2, -0.15) is 0 Å². The van der Waals surface area contributed by atoms with Crippen LogP contribution in [0.25, 0.3) is 11.0 Å². The highest BCUT2D eigenvalue weighted by molar-refractivity contribution is 6.80. The lowest BCUT2D eigenvalue weighted by molar-refractivity contribution is 0.000123. The maximum absolute atomic E-state index is 7.40. The van der Waals surface area contributed by atoms with Crippen LogP contribution in [0.3, 0.4) is 0 Å². The van der Waals surface area contributed by atoms with E-state index in [2.05, 4.69) is 123 Å². The molecule has 3 fully saturated rings. The quantitative estimate of drug-likeness (QED) is 0.123. The summed E-state index contributed by atoms with van der Waals surface area (Å²) in [4.78, 5) is 4.94. The summed E-state index contributed by atoms with van der Waals surface area (Å²) < 4.78 is 19.7. The van der Waals surface area contributed by atoms with Crippen LogP contribution in [0.1, 0.15) is 77.0 Å². The van der Waals surface area contributed by atoms with E-state index in [-0.39, 0.29) is 16.9 Å². The van der Waals surface area contributed by atoms with Crippen molar-refractivity contribution in [3.05, 3.63) is 84.1 Å². The average molecular weight is 679 g/mol. The Morgan fingerprint density at radius 3 is 2.12 bits per heavy atom. The van der Waals surface area contributed by atoms with Gasteiger partial charge in [0, 0.05) is 23.9 Å². The number of fused-ring (bicyclic) bond motifs is 1. The lowest BCUT2D eigenvalue weighted by Gasteiger charge is -2.43. The van der Waals surface area contributed by atoms with Gasteiger partial charge in [-0.05, 0) is 118 Å². The summed E-state index contributed by atoms with van der Waals surface area (Å²) in [7, 11) is 2.83. The number of hydrogen-bond acceptors (Lipinski definition) is 6. The fraction of sp³-hybridized carbons (Fsp3) is 0.548. The van der Waals surface area contributed by atoms with Gasteiger partial charge in [-0.3, -0.25) is 0 Å². The molecule has 3 aromatic carbocycles. The summed E-state index contributed by atoms with van der Waals surface area (Å²) in [6.07, 6.45) is 9.94. The normalized spacial score (nSPS) is 19.2. The number of ether oxygens (including phenoxy) is 1. The minimum atomic E-state index is -1.37. The van der Waals surface area contributed by atoms with Crippen LogP contribution >= 0.6 is 0 Å². The van der Waals surface area contributed by atoms with Crippen LogP contribution in [0.5, 0.6) is 5.75 Å². The molecule has 1 aromatic heterocycles. The Kier molecular flexibility index (Phi) is 10.3. The molecule has 2 saturated carbocycles. The molecule has 4 aromatic rings. The Morgan fingerprint density at radius 1 is 0.898 bits per heavy atom. The Morgan fingerprint density at radius 2 is 1.55 bits per heavy atom. The first-order valence-corrected chi connectivity index (χ1v) is 20.1. The van der Waals surface area contributed by atoms with E-state index in [0.29, 0.717) is 0 Å². The molecule has 2 aliphatic carbocycles. The van der Waals surface area contributed by atoms with Crippen molar-refractivity contribution in [1.82, 2.24) is 15.0 Å². The highest BCUT2D eigenvalue weighted by Gasteiger charge is 2.55. The Labute approximate surface area is 295 Å². The minimum absolute atomic E-state index is 0.0607. The molecule has 2 heterocycles. The van der Waals surface area contributed by atoms with E-state index in [1.807, 2.05) is 0 Å². The van der Waals surface area contributed by atoms with Gasteiger partial charge in [0.15, 0.2) is 5.58 Å². The van der Waals surface area contributed by atoms with Gasteiger partial charge in [-0.25, -0.2) is 0 Å². The van der Waals surface area contributed by atoms with Gasteiger partial charge >= 0.3 is 0 Å². The van der Waals surface area contributed by atoms with Crippen molar-refractivity contribution >= 4 is 30.4 Å². The summed E-state index contributed by atoms with van der Waals surface area (Å²) >= 11 is 0. The van der Waals surface area contributed by atoms with Crippen molar-refractivity contribution in [3.63, 3.8) is 0 Å². The molecule has 7 rings (SSSR count). The molecule has 1 radical (unpaired) electrons. The van der Waals surface area contributed by atoms with Gasteiger partial charge in [-0.15, -0.1) is 0 Å². The molecular weight excluding hydrogens is 623 g/mol. The third kappa shape index (κ3) is 8.33. The summed E-state index contributed by atoms with van der Waals surface area (Å²) in [6.45, 7) is 12.2. The van der Waals surface area contributed by atoms with E-state index < -0.39 is 9.04 Å². The predicted molar refractivity (Wildman–Crippen MR) is 201 cm³/mol. The number of rotatable bonds is 15. The molecule has 6 nitrogen and oxygen atoms in total. The van der Waals surface area contributed by atoms with Crippen LogP contribution in [0, 0.1) is 22.7 Å². The van der Waals surface area contributed by atoms with Crippen molar-refractivity contribution in [1.29, 1.82) is 0 Å². The summed E-state index contributed by atoms with van der Waals surface area (Å²) in [5.74, 6) is 2.39. The molecule has 0 amide bonds. The zero-order valence-electron chi connectivity index (χ0n) is 30.4. The smallest absolute Gasteiger partial charge is 0.283 e. The first-order valence-electron chi connectivity index (χ1n) is 18.7. The number of piperidine rings is 1. The number of benzene rings is 3. The summed E-state index contributed by atoms with van der Waals surface area (Å²) in [5.41, 5.74) is 3.42. The van der Waals surface area contributed by atoms with E-state index in [9.17, 15) is 0 Å². The van der Waals surface area contributed by atoms with Crippen LogP contribution in [0.15, 0.2) is 77.3 Å². The zero-order valence-corrected chi connectivity index (χ0v) is 31.4. The second-order valence-corrected chi connectivity index (χ2v) is 18.6. The molecule has 3 aliphatic rings. The van der Waals surface area contributed by atoms with Crippen molar-refractivity contribution < 1.29 is 13.7 Å². The van der Waals surface area contributed by atoms with Gasteiger partial charge in [0.2, 0.25) is 0 Å². The molecular formula is C42H56N3O3Si. The number of nitrogens with zero attached hydrogens (tertiary/aromatic N) is 3. The molecule has 0 spiro atoms. The highest BCUT2D eigenvalue weighted by Crippen LogP contribution is 2.55. The lowest BCUT2D eigenvalue weighted by atomic mass is 9.78. The van der Waals surface area contributed by atoms with E-state index in [4.69, 9.17) is 13.7 Å². The average Bonchev–Trinajstić information content (AvgIpc) is 4.03. The Bertz CT molecular complexity index is 1610. The standard InChI is InChI=1S/C42H56N3O3Si/c1-41(2,3)40(48-49(33-12-8-6-9-13-33)34-14-10-7-11-15-34)42(24-25-42)30-45-26-22-31(23-27-45)18-20-37-35-19-21-38(46-29-32-16-17-32)36(28-44(4)5)39(35)47-43-37/h6-15,19,21,31-32,40H,16-18,20,22-30H2,1-5H3. The first kappa shape index (κ1) is 34.5. The molecule has 1 atom stereocenters. The molecule has 1 unspecified atom stereocenters. The van der Waals surface area contributed by atoms with Crippen LogP contribution < -0.4 is 15.1 Å². The maximum atomic E-state index is 7.40. The fourth-order valence-corrected chi connectivity index (χ4v) is 10.5. The molecule has 1 saturated heterocycles.